The van der Waals surface area contributed by atoms with Gasteiger partial charge in [-0.3, -0.25) is 9.10 Å². The van der Waals surface area contributed by atoms with E-state index in [4.69, 9.17) is 27.9 Å². The lowest BCUT2D eigenvalue weighted by atomic mass is 10.2. The summed E-state index contributed by atoms with van der Waals surface area (Å²) in [7, 11) is -4.05. The predicted octanol–water partition coefficient (Wildman–Crippen LogP) is 6.62. The van der Waals surface area contributed by atoms with Gasteiger partial charge in [-0.2, -0.15) is 0 Å². The number of nitrogens with zero attached hydrogens (tertiary/aromatic N) is 1. The molecular formula is C26H20Cl2N2O4S. The second-order valence-electron chi connectivity index (χ2n) is 7.40. The second kappa shape index (κ2) is 10.8. The molecule has 1 N–H and O–H groups in total. The fraction of sp³-hybridized carbons (Fsp3) is 0.0385. The van der Waals surface area contributed by atoms with Crippen LogP contribution in [0.25, 0.3) is 0 Å². The molecule has 0 aliphatic heterocycles. The van der Waals surface area contributed by atoms with Crippen LogP contribution in [0.3, 0.4) is 0 Å². The molecule has 0 fully saturated rings. The van der Waals surface area contributed by atoms with Gasteiger partial charge >= 0.3 is 0 Å². The number of rotatable bonds is 8. The number of hydrogen-bond acceptors (Lipinski definition) is 4. The van der Waals surface area contributed by atoms with Gasteiger partial charge in [0, 0.05) is 10.0 Å². The smallest absolute Gasteiger partial charge is 0.264 e. The van der Waals surface area contributed by atoms with E-state index in [1.165, 1.54) is 18.2 Å². The van der Waals surface area contributed by atoms with Crippen LogP contribution in [-0.4, -0.2) is 20.9 Å². The third-order valence-corrected chi connectivity index (χ3v) is 7.19. The number of halogens is 2. The molecule has 0 bridgehead atoms. The highest BCUT2D eigenvalue weighted by molar-refractivity contribution is 7.92. The minimum atomic E-state index is -4.05. The van der Waals surface area contributed by atoms with Crippen molar-refractivity contribution in [1.29, 1.82) is 0 Å². The molecule has 0 aliphatic rings. The first kappa shape index (κ1) is 24.6. The van der Waals surface area contributed by atoms with Crippen molar-refractivity contribution in [3.63, 3.8) is 0 Å². The molecule has 9 heteroatoms. The Bertz CT molecular complexity index is 1420. The number of amides is 1. The van der Waals surface area contributed by atoms with Crippen LogP contribution < -0.4 is 14.4 Å². The molecule has 0 heterocycles. The van der Waals surface area contributed by atoms with Gasteiger partial charge in [0.1, 0.15) is 12.3 Å². The zero-order chi connectivity index (χ0) is 24.8. The molecule has 0 spiro atoms. The van der Waals surface area contributed by atoms with Crippen LogP contribution in [0.4, 0.5) is 11.4 Å². The number of carbonyl (C=O) groups excluding carboxylic acids is 1. The summed E-state index contributed by atoms with van der Waals surface area (Å²) in [6.45, 7) is -0.490. The van der Waals surface area contributed by atoms with Crippen LogP contribution in [0.1, 0.15) is 0 Å². The molecule has 6 nitrogen and oxygen atoms in total. The van der Waals surface area contributed by atoms with Crippen LogP contribution >= 0.6 is 23.2 Å². The highest BCUT2D eigenvalue weighted by atomic mass is 35.5. The Hall–Kier alpha value is -3.52. The minimum Gasteiger partial charge on any atom is -0.455 e. The lowest BCUT2D eigenvalue weighted by molar-refractivity contribution is -0.114. The van der Waals surface area contributed by atoms with E-state index in [9.17, 15) is 13.2 Å². The van der Waals surface area contributed by atoms with Gasteiger partial charge in [-0.1, -0.05) is 59.6 Å². The predicted molar refractivity (Wildman–Crippen MR) is 139 cm³/mol. The number of anilines is 2. The van der Waals surface area contributed by atoms with Crippen molar-refractivity contribution in [2.45, 2.75) is 4.90 Å². The van der Waals surface area contributed by atoms with E-state index in [-0.39, 0.29) is 4.90 Å². The fourth-order valence-corrected chi connectivity index (χ4v) is 5.01. The number of ether oxygens (including phenoxy) is 1. The van der Waals surface area contributed by atoms with Crippen molar-refractivity contribution in [3.8, 4) is 11.5 Å². The lowest BCUT2D eigenvalue weighted by Gasteiger charge is -2.24. The first-order valence-corrected chi connectivity index (χ1v) is 12.7. The van der Waals surface area contributed by atoms with Gasteiger partial charge in [0.15, 0.2) is 5.75 Å². The summed E-state index contributed by atoms with van der Waals surface area (Å²) in [5, 5.41) is 3.55. The summed E-state index contributed by atoms with van der Waals surface area (Å²) in [6, 6.07) is 27.9. The Balaban J connectivity index is 1.63. The van der Waals surface area contributed by atoms with Gasteiger partial charge < -0.3 is 10.1 Å². The summed E-state index contributed by atoms with van der Waals surface area (Å²) >= 11 is 12.1. The van der Waals surface area contributed by atoms with E-state index in [0.717, 1.165) is 4.31 Å². The quantitative estimate of drug-likeness (QED) is 0.280. The highest BCUT2D eigenvalue weighted by Gasteiger charge is 2.27. The molecular weight excluding hydrogens is 507 g/mol. The van der Waals surface area contributed by atoms with Gasteiger partial charge in [0.25, 0.3) is 10.0 Å². The Morgan fingerprint density at radius 2 is 1.40 bits per heavy atom. The van der Waals surface area contributed by atoms with Crippen LogP contribution in [0, 0.1) is 0 Å². The second-order valence-corrected chi connectivity index (χ2v) is 10.1. The number of para-hydroxylation sites is 1. The molecule has 4 rings (SSSR count). The molecule has 178 valence electrons. The average Bonchev–Trinajstić information content (AvgIpc) is 2.86. The molecule has 4 aromatic carbocycles. The standard InChI is InChI=1S/C26H20Cl2N2O4S/c27-19-11-14-21(15-12-19)30(35(32,33)23-9-5-2-6-10-23)18-26(31)29-24-17-20(28)13-16-25(24)34-22-7-3-1-4-8-22/h1-17H,18H2,(H,29,31). The van der Waals surface area contributed by atoms with Gasteiger partial charge in [0.05, 0.1) is 16.3 Å². The van der Waals surface area contributed by atoms with Crippen molar-refractivity contribution in [2.75, 3.05) is 16.2 Å². The molecule has 35 heavy (non-hydrogen) atoms. The Kier molecular flexibility index (Phi) is 7.60. The lowest BCUT2D eigenvalue weighted by Crippen LogP contribution is -2.38. The van der Waals surface area contributed by atoms with E-state index in [2.05, 4.69) is 5.32 Å². The van der Waals surface area contributed by atoms with Crippen molar-refractivity contribution in [1.82, 2.24) is 0 Å². The average molecular weight is 527 g/mol. The summed E-state index contributed by atoms with van der Waals surface area (Å²) in [6.07, 6.45) is 0. The molecule has 4 aromatic rings. The van der Waals surface area contributed by atoms with Crippen molar-refractivity contribution in [3.05, 3.63) is 113 Å². The molecule has 0 unspecified atom stereocenters. The van der Waals surface area contributed by atoms with Gasteiger partial charge in [-0.25, -0.2) is 8.42 Å². The van der Waals surface area contributed by atoms with E-state index < -0.39 is 22.5 Å². The van der Waals surface area contributed by atoms with Crippen LogP contribution in [-0.2, 0) is 14.8 Å². The highest BCUT2D eigenvalue weighted by Crippen LogP contribution is 2.32. The molecule has 1 amide bonds. The maximum absolute atomic E-state index is 13.4. The molecule has 0 saturated carbocycles. The molecule has 0 aromatic heterocycles. The van der Waals surface area contributed by atoms with E-state index in [1.54, 1.807) is 66.7 Å². The zero-order valence-corrected chi connectivity index (χ0v) is 20.6. The number of carbonyl (C=O) groups is 1. The first-order valence-electron chi connectivity index (χ1n) is 10.5. The van der Waals surface area contributed by atoms with Crippen molar-refractivity contribution < 1.29 is 17.9 Å². The number of hydrogen-bond donors (Lipinski definition) is 1. The van der Waals surface area contributed by atoms with E-state index in [1.807, 2.05) is 18.2 Å². The van der Waals surface area contributed by atoms with Crippen molar-refractivity contribution in [2.24, 2.45) is 0 Å². The first-order chi connectivity index (χ1) is 16.8. The van der Waals surface area contributed by atoms with E-state index >= 15 is 0 Å². The number of nitrogens with one attached hydrogen (secondary N) is 1. The van der Waals surface area contributed by atoms with Crippen molar-refractivity contribution >= 4 is 50.5 Å². The largest absolute Gasteiger partial charge is 0.455 e. The van der Waals surface area contributed by atoms with Crippen LogP contribution in [0.15, 0.2) is 108 Å². The van der Waals surface area contributed by atoms with Crippen LogP contribution in [0.2, 0.25) is 10.0 Å². The maximum atomic E-state index is 13.4. The minimum absolute atomic E-state index is 0.0543. The number of benzene rings is 4. The normalized spacial score (nSPS) is 11.0. The Labute approximate surface area is 213 Å². The summed E-state index contributed by atoms with van der Waals surface area (Å²) in [5.74, 6) is 0.345. The topological polar surface area (TPSA) is 75.7 Å². The Morgan fingerprint density at radius 1 is 0.800 bits per heavy atom. The molecule has 0 aliphatic carbocycles. The maximum Gasteiger partial charge on any atom is 0.264 e. The molecule has 0 atom stereocenters. The SMILES string of the molecule is O=C(CN(c1ccc(Cl)cc1)S(=O)(=O)c1ccccc1)Nc1cc(Cl)ccc1Oc1ccccc1. The summed E-state index contributed by atoms with van der Waals surface area (Å²) in [5.41, 5.74) is 0.597. The summed E-state index contributed by atoms with van der Waals surface area (Å²) in [4.78, 5) is 13.2. The van der Waals surface area contributed by atoms with Gasteiger partial charge in [-0.15, -0.1) is 0 Å². The molecule has 0 radical (unpaired) electrons. The third kappa shape index (κ3) is 6.14. The third-order valence-electron chi connectivity index (χ3n) is 4.92. The van der Waals surface area contributed by atoms with Gasteiger partial charge in [-0.05, 0) is 66.7 Å². The summed E-state index contributed by atoms with van der Waals surface area (Å²) < 4.78 is 33.8. The van der Waals surface area contributed by atoms with Crippen LogP contribution in [0.5, 0.6) is 11.5 Å². The van der Waals surface area contributed by atoms with Gasteiger partial charge in [0.2, 0.25) is 5.91 Å². The Morgan fingerprint density at radius 3 is 2.06 bits per heavy atom. The monoisotopic (exact) mass is 526 g/mol. The number of sulfonamides is 1. The van der Waals surface area contributed by atoms with E-state index in [0.29, 0.717) is 32.9 Å². The zero-order valence-electron chi connectivity index (χ0n) is 18.3. The molecule has 0 saturated heterocycles. The fourth-order valence-electron chi connectivity index (χ4n) is 3.27.